The molecule has 0 saturated carbocycles. The van der Waals surface area contributed by atoms with Crippen molar-refractivity contribution in [3.8, 4) is 0 Å². The summed E-state index contributed by atoms with van der Waals surface area (Å²) in [5, 5.41) is 0. The zero-order chi connectivity index (χ0) is 29.8. The zero-order valence-corrected chi connectivity index (χ0v) is 25.8. The summed E-state index contributed by atoms with van der Waals surface area (Å²) >= 11 is 0. The van der Waals surface area contributed by atoms with Crippen molar-refractivity contribution < 1.29 is 26.4 Å². The molecule has 0 saturated heterocycles. The number of nitrogens with zero attached hydrogens (tertiary/aromatic N) is 4. The Morgan fingerprint density at radius 2 is 0.850 bits per heavy atom. The number of rotatable bonds is 14. The molecule has 0 unspecified atom stereocenters. The molecule has 40 heavy (non-hydrogen) atoms. The molecule has 0 spiro atoms. The largest absolute Gasteiger partial charge is 0.303 e. The first-order valence-corrected chi connectivity index (χ1v) is 16.5. The lowest BCUT2D eigenvalue weighted by Crippen LogP contribution is -2.36. The summed E-state index contributed by atoms with van der Waals surface area (Å²) in [6, 6.07) is 7.83. The molecule has 0 amide bonds. The van der Waals surface area contributed by atoms with E-state index in [1.54, 1.807) is 0 Å². The van der Waals surface area contributed by atoms with Crippen LogP contribution in [0.3, 0.4) is 0 Å². The molecule has 0 aromatic heterocycles. The summed E-state index contributed by atoms with van der Waals surface area (Å²) in [6.07, 6.45) is 0. The fraction of sp³-hybridized carbons (Fsp3) is 0.500. The van der Waals surface area contributed by atoms with Crippen LogP contribution in [0.25, 0.3) is 0 Å². The number of carbonyl (C=O) groups is 2. The lowest BCUT2D eigenvalue weighted by molar-refractivity contribution is 0.0978. The molecule has 220 valence electrons. The predicted octanol–water partition coefficient (Wildman–Crippen LogP) is 2.39. The first kappa shape index (κ1) is 32.0. The van der Waals surface area contributed by atoms with Crippen LogP contribution in [0, 0.1) is 0 Å². The molecule has 1 aliphatic carbocycles. The van der Waals surface area contributed by atoms with E-state index < -0.39 is 31.6 Å². The highest BCUT2D eigenvalue weighted by Gasteiger charge is 2.34. The number of ketones is 2. The van der Waals surface area contributed by atoms with Crippen LogP contribution < -0.4 is 0 Å². The summed E-state index contributed by atoms with van der Waals surface area (Å²) in [5.74, 6) is -1.04. The third-order valence-corrected chi connectivity index (χ3v) is 11.3. The number of carbonyl (C=O) groups excluding carboxylic acids is 2. The zero-order valence-electron chi connectivity index (χ0n) is 24.2. The summed E-state index contributed by atoms with van der Waals surface area (Å²) in [6.45, 7) is 12.8. The molecular formula is C28H40N4O6S2. The van der Waals surface area contributed by atoms with Gasteiger partial charge in [-0.2, -0.15) is 8.61 Å². The molecule has 2 aromatic rings. The van der Waals surface area contributed by atoms with Gasteiger partial charge in [-0.15, -0.1) is 0 Å². The van der Waals surface area contributed by atoms with Crippen LogP contribution in [0.4, 0.5) is 0 Å². The van der Waals surface area contributed by atoms with Crippen molar-refractivity contribution in [1.29, 1.82) is 0 Å². The van der Waals surface area contributed by atoms with Gasteiger partial charge in [0.15, 0.2) is 11.6 Å². The van der Waals surface area contributed by atoms with Crippen LogP contribution in [0.15, 0.2) is 46.2 Å². The Kier molecular flexibility index (Phi) is 10.4. The molecule has 1 aliphatic rings. The summed E-state index contributed by atoms with van der Waals surface area (Å²) < 4.78 is 55.6. The van der Waals surface area contributed by atoms with E-state index in [4.69, 9.17) is 0 Å². The number of benzene rings is 2. The van der Waals surface area contributed by atoms with Gasteiger partial charge in [0, 0.05) is 62.5 Å². The monoisotopic (exact) mass is 592 g/mol. The van der Waals surface area contributed by atoms with Crippen molar-refractivity contribution in [3.05, 3.63) is 58.7 Å². The van der Waals surface area contributed by atoms with E-state index in [0.29, 0.717) is 13.1 Å². The Morgan fingerprint density at radius 3 is 1.18 bits per heavy atom. The third kappa shape index (κ3) is 6.37. The van der Waals surface area contributed by atoms with Crippen LogP contribution >= 0.6 is 0 Å². The minimum atomic E-state index is -3.93. The lowest BCUT2D eigenvalue weighted by atomic mass is 9.84. The molecule has 0 bridgehead atoms. The van der Waals surface area contributed by atoms with Crippen LogP contribution in [0.5, 0.6) is 0 Å². The maximum Gasteiger partial charge on any atom is 0.242 e. The van der Waals surface area contributed by atoms with E-state index >= 15 is 0 Å². The van der Waals surface area contributed by atoms with Crippen LogP contribution in [-0.4, -0.2) is 113 Å². The molecule has 10 nitrogen and oxygen atoms in total. The summed E-state index contributed by atoms with van der Waals surface area (Å²) in [7, 11) is -4.89. The first-order valence-electron chi connectivity index (χ1n) is 13.6. The van der Waals surface area contributed by atoms with E-state index in [-0.39, 0.29) is 45.1 Å². The summed E-state index contributed by atoms with van der Waals surface area (Å²) in [4.78, 5) is 30.8. The molecule has 0 atom stereocenters. The minimum absolute atomic E-state index is 0.0554. The maximum absolute atomic E-state index is 13.6. The highest BCUT2D eigenvalue weighted by Crippen LogP contribution is 2.31. The second-order valence-electron chi connectivity index (χ2n) is 9.78. The number of hydrogen-bond donors (Lipinski definition) is 0. The van der Waals surface area contributed by atoms with E-state index in [9.17, 15) is 26.4 Å². The van der Waals surface area contributed by atoms with Gasteiger partial charge < -0.3 is 9.80 Å². The van der Waals surface area contributed by atoms with Crippen molar-refractivity contribution in [2.24, 2.45) is 0 Å². The van der Waals surface area contributed by atoms with Gasteiger partial charge in [0.1, 0.15) is 0 Å². The van der Waals surface area contributed by atoms with Crippen molar-refractivity contribution in [2.45, 2.75) is 37.5 Å². The second kappa shape index (κ2) is 13.0. The number of sulfonamides is 2. The Balaban J connectivity index is 1.93. The topological polar surface area (TPSA) is 115 Å². The maximum atomic E-state index is 13.6. The SMILES string of the molecule is CCN(CC)CCN(C)S(=O)(=O)c1ccc2c(c1)C(=O)c1cc(S(=O)(=O)N(C)CCN(CC)CC)ccc1C2=O. The molecular weight excluding hydrogens is 552 g/mol. The van der Waals surface area contributed by atoms with Gasteiger partial charge in [0.05, 0.1) is 9.79 Å². The van der Waals surface area contributed by atoms with E-state index in [0.717, 1.165) is 26.2 Å². The Morgan fingerprint density at radius 1 is 0.525 bits per heavy atom. The van der Waals surface area contributed by atoms with Crippen LogP contribution in [-0.2, 0) is 20.0 Å². The van der Waals surface area contributed by atoms with Gasteiger partial charge in [-0.05, 0) is 62.6 Å². The summed E-state index contributed by atoms with van der Waals surface area (Å²) in [5.41, 5.74) is 0.0729. The second-order valence-corrected chi connectivity index (χ2v) is 13.9. The number of likely N-dealkylation sites (N-methyl/N-ethyl adjacent to an activating group) is 4. The highest BCUT2D eigenvalue weighted by atomic mass is 32.2. The van der Waals surface area contributed by atoms with Gasteiger partial charge in [0.2, 0.25) is 20.0 Å². The van der Waals surface area contributed by atoms with Crippen LogP contribution in [0.2, 0.25) is 0 Å². The standard InChI is InChI=1S/C28H40N4O6S2/c1-7-31(8-2)17-15-29(5)39(35,36)21-11-13-23-25(19-21)28(34)26-20-22(12-14-24(26)27(23)33)40(37,38)30(6)16-18-32(9-3)10-4/h11-14,19-20H,7-10,15-18H2,1-6H3. The Labute approximate surface area is 238 Å². The van der Waals surface area contributed by atoms with Gasteiger partial charge in [-0.3, -0.25) is 9.59 Å². The third-order valence-electron chi connectivity index (χ3n) is 7.63. The van der Waals surface area contributed by atoms with Crippen LogP contribution in [0.1, 0.15) is 59.5 Å². The molecule has 0 heterocycles. The minimum Gasteiger partial charge on any atom is -0.303 e. The van der Waals surface area contributed by atoms with E-state index in [1.165, 1.54) is 59.1 Å². The fourth-order valence-electron chi connectivity index (χ4n) is 4.67. The van der Waals surface area contributed by atoms with Crippen molar-refractivity contribution in [2.75, 3.05) is 66.5 Å². The molecule has 3 rings (SSSR count). The Bertz CT molecular complexity index is 1360. The quantitative estimate of drug-likeness (QED) is 0.280. The fourth-order valence-corrected chi connectivity index (χ4v) is 7.05. The smallest absolute Gasteiger partial charge is 0.242 e. The average Bonchev–Trinajstić information content (AvgIpc) is 2.95. The van der Waals surface area contributed by atoms with Gasteiger partial charge in [0.25, 0.3) is 0 Å². The average molecular weight is 593 g/mol. The number of fused-ring (bicyclic) bond motifs is 2. The molecule has 0 fully saturated rings. The van der Waals surface area contributed by atoms with E-state index in [2.05, 4.69) is 9.80 Å². The van der Waals surface area contributed by atoms with Crippen molar-refractivity contribution in [3.63, 3.8) is 0 Å². The highest BCUT2D eigenvalue weighted by molar-refractivity contribution is 7.89. The first-order chi connectivity index (χ1) is 18.8. The normalized spacial score (nSPS) is 13.9. The van der Waals surface area contributed by atoms with Gasteiger partial charge in [-0.25, -0.2) is 16.8 Å². The molecule has 2 aromatic carbocycles. The lowest BCUT2D eigenvalue weighted by Gasteiger charge is -2.24. The Hall–Kier alpha value is -2.48. The number of hydrogen-bond acceptors (Lipinski definition) is 8. The molecule has 12 heteroatoms. The van der Waals surface area contributed by atoms with Gasteiger partial charge >= 0.3 is 0 Å². The van der Waals surface area contributed by atoms with Crippen molar-refractivity contribution in [1.82, 2.24) is 18.4 Å². The predicted molar refractivity (Wildman–Crippen MR) is 155 cm³/mol. The molecule has 0 radical (unpaired) electrons. The van der Waals surface area contributed by atoms with E-state index in [1.807, 2.05) is 27.7 Å². The van der Waals surface area contributed by atoms with Gasteiger partial charge in [-0.1, -0.05) is 27.7 Å². The molecule has 0 aliphatic heterocycles. The van der Waals surface area contributed by atoms with Crippen molar-refractivity contribution >= 4 is 31.6 Å². The molecule has 0 N–H and O–H groups in total.